The van der Waals surface area contributed by atoms with E-state index in [4.69, 9.17) is 0 Å². The van der Waals surface area contributed by atoms with Crippen LogP contribution >= 0.6 is 11.3 Å². The SMILES string of the molecule is [c]1ccc2sc(-c3c[nH]c4ncccc34)cc2c1. The molecule has 0 aliphatic heterocycles. The molecule has 85 valence electrons. The van der Waals surface area contributed by atoms with E-state index in [-0.39, 0.29) is 0 Å². The van der Waals surface area contributed by atoms with Crippen molar-refractivity contribution >= 4 is 32.5 Å². The van der Waals surface area contributed by atoms with Crippen molar-refractivity contribution in [3.05, 3.63) is 54.9 Å². The molecule has 0 spiro atoms. The van der Waals surface area contributed by atoms with E-state index < -0.39 is 0 Å². The standard InChI is InChI=1S/C15H9N2S/c1-2-6-13-10(4-1)8-14(18-13)12-9-17-15-11(12)5-3-7-16-15/h2-9H,(H,16,17). The van der Waals surface area contributed by atoms with Gasteiger partial charge in [0.2, 0.25) is 0 Å². The molecule has 0 saturated heterocycles. The first-order valence-electron chi connectivity index (χ1n) is 5.74. The second-order valence-electron chi connectivity index (χ2n) is 4.18. The van der Waals surface area contributed by atoms with Gasteiger partial charge < -0.3 is 4.98 Å². The molecular formula is C15H9N2S. The number of H-pyrrole nitrogens is 1. The zero-order chi connectivity index (χ0) is 11.9. The maximum absolute atomic E-state index is 4.32. The molecule has 18 heavy (non-hydrogen) atoms. The van der Waals surface area contributed by atoms with Gasteiger partial charge in [-0.2, -0.15) is 0 Å². The largest absolute Gasteiger partial charge is 0.345 e. The molecule has 0 amide bonds. The van der Waals surface area contributed by atoms with Crippen molar-refractivity contribution in [2.45, 2.75) is 0 Å². The molecule has 0 fully saturated rings. The van der Waals surface area contributed by atoms with Gasteiger partial charge in [-0.15, -0.1) is 11.3 Å². The molecule has 2 nitrogen and oxygen atoms in total. The number of fused-ring (bicyclic) bond motifs is 2. The number of rotatable bonds is 1. The van der Waals surface area contributed by atoms with Crippen molar-refractivity contribution in [2.24, 2.45) is 0 Å². The lowest BCUT2D eigenvalue weighted by Gasteiger charge is -1.92. The predicted molar refractivity (Wildman–Crippen MR) is 75.7 cm³/mol. The highest BCUT2D eigenvalue weighted by Crippen LogP contribution is 2.36. The van der Waals surface area contributed by atoms with Crippen LogP contribution in [0.3, 0.4) is 0 Å². The van der Waals surface area contributed by atoms with Crippen LogP contribution in [0.4, 0.5) is 0 Å². The molecule has 1 N–H and O–H groups in total. The molecule has 1 aromatic carbocycles. The molecule has 0 saturated carbocycles. The van der Waals surface area contributed by atoms with E-state index in [9.17, 15) is 0 Å². The fourth-order valence-corrected chi connectivity index (χ4v) is 3.29. The Morgan fingerprint density at radius 1 is 1.28 bits per heavy atom. The number of hydrogen-bond acceptors (Lipinski definition) is 2. The number of aromatic amines is 1. The minimum atomic E-state index is 0.941. The van der Waals surface area contributed by atoms with Gasteiger partial charge >= 0.3 is 0 Å². The Hall–Kier alpha value is -2.13. The number of hydrogen-bond donors (Lipinski definition) is 1. The van der Waals surface area contributed by atoms with Crippen LogP contribution in [-0.2, 0) is 0 Å². The van der Waals surface area contributed by atoms with E-state index in [1.807, 2.05) is 30.6 Å². The van der Waals surface area contributed by atoms with Crippen LogP contribution in [0.2, 0.25) is 0 Å². The van der Waals surface area contributed by atoms with E-state index in [1.165, 1.54) is 25.9 Å². The van der Waals surface area contributed by atoms with E-state index >= 15 is 0 Å². The van der Waals surface area contributed by atoms with Crippen LogP contribution in [0.15, 0.2) is 48.8 Å². The van der Waals surface area contributed by atoms with Gasteiger partial charge in [0, 0.05) is 32.9 Å². The summed E-state index contributed by atoms with van der Waals surface area (Å²) in [6, 6.07) is 15.5. The third-order valence-corrected chi connectivity index (χ3v) is 4.23. The lowest BCUT2D eigenvalue weighted by Crippen LogP contribution is -1.72. The van der Waals surface area contributed by atoms with Gasteiger partial charge in [-0.1, -0.05) is 6.07 Å². The molecule has 0 unspecified atom stereocenters. The number of nitrogens with one attached hydrogen (secondary N) is 1. The zero-order valence-corrected chi connectivity index (χ0v) is 10.3. The summed E-state index contributed by atoms with van der Waals surface area (Å²) in [5.74, 6) is 0. The van der Waals surface area contributed by atoms with Crippen LogP contribution in [-0.4, -0.2) is 9.97 Å². The molecule has 3 aromatic heterocycles. The summed E-state index contributed by atoms with van der Waals surface area (Å²) in [5, 5.41) is 2.42. The van der Waals surface area contributed by atoms with Crippen molar-refractivity contribution in [2.75, 3.05) is 0 Å². The molecule has 0 atom stereocenters. The second kappa shape index (κ2) is 3.68. The number of aromatic nitrogens is 2. The Morgan fingerprint density at radius 3 is 3.22 bits per heavy atom. The van der Waals surface area contributed by atoms with Crippen molar-refractivity contribution in [3.8, 4) is 10.4 Å². The summed E-state index contributed by atoms with van der Waals surface area (Å²) < 4.78 is 1.29. The highest BCUT2D eigenvalue weighted by molar-refractivity contribution is 7.22. The van der Waals surface area contributed by atoms with E-state index in [1.54, 1.807) is 11.3 Å². The Kier molecular flexibility index (Phi) is 2.02. The van der Waals surface area contributed by atoms with Crippen LogP contribution in [0, 0.1) is 6.07 Å². The van der Waals surface area contributed by atoms with Crippen molar-refractivity contribution in [1.82, 2.24) is 9.97 Å². The third kappa shape index (κ3) is 1.38. The van der Waals surface area contributed by atoms with Gasteiger partial charge in [-0.25, -0.2) is 4.98 Å². The van der Waals surface area contributed by atoms with Crippen molar-refractivity contribution in [1.29, 1.82) is 0 Å². The van der Waals surface area contributed by atoms with Crippen LogP contribution < -0.4 is 0 Å². The smallest absolute Gasteiger partial charge is 0.137 e. The summed E-state index contributed by atoms with van der Waals surface area (Å²) in [6.07, 6.45) is 3.84. The molecule has 3 heteroatoms. The summed E-state index contributed by atoms with van der Waals surface area (Å²) in [5.41, 5.74) is 2.16. The number of benzene rings is 1. The third-order valence-electron chi connectivity index (χ3n) is 3.08. The molecule has 3 heterocycles. The number of nitrogens with zero attached hydrogens (tertiary/aromatic N) is 1. The van der Waals surface area contributed by atoms with Crippen LogP contribution in [0.25, 0.3) is 31.6 Å². The first-order valence-corrected chi connectivity index (χ1v) is 6.55. The maximum Gasteiger partial charge on any atom is 0.137 e. The van der Waals surface area contributed by atoms with Gasteiger partial charge in [-0.05, 0) is 41.8 Å². The van der Waals surface area contributed by atoms with Gasteiger partial charge in [0.1, 0.15) is 5.65 Å². The topological polar surface area (TPSA) is 28.7 Å². The lowest BCUT2D eigenvalue weighted by molar-refractivity contribution is 1.33. The van der Waals surface area contributed by atoms with Gasteiger partial charge in [0.25, 0.3) is 0 Å². The fourth-order valence-electron chi connectivity index (χ4n) is 2.22. The summed E-state index contributed by atoms with van der Waals surface area (Å²) in [4.78, 5) is 8.81. The second-order valence-corrected chi connectivity index (χ2v) is 5.26. The van der Waals surface area contributed by atoms with E-state index in [2.05, 4.69) is 34.2 Å². The Bertz CT molecular complexity index is 809. The highest BCUT2D eigenvalue weighted by Gasteiger charge is 2.09. The minimum Gasteiger partial charge on any atom is -0.345 e. The van der Waals surface area contributed by atoms with Crippen LogP contribution in [0.5, 0.6) is 0 Å². The molecular weight excluding hydrogens is 240 g/mol. The number of thiophene rings is 1. The molecule has 0 bridgehead atoms. The summed E-state index contributed by atoms with van der Waals surface area (Å²) in [6.45, 7) is 0. The Morgan fingerprint density at radius 2 is 2.28 bits per heavy atom. The van der Waals surface area contributed by atoms with E-state index in [0.717, 1.165) is 5.65 Å². The lowest BCUT2D eigenvalue weighted by atomic mass is 10.1. The quantitative estimate of drug-likeness (QED) is 0.537. The number of pyridine rings is 1. The molecule has 4 aromatic rings. The molecule has 4 rings (SSSR count). The molecule has 1 radical (unpaired) electrons. The van der Waals surface area contributed by atoms with Gasteiger partial charge in [0.15, 0.2) is 0 Å². The van der Waals surface area contributed by atoms with E-state index in [0.29, 0.717) is 0 Å². The van der Waals surface area contributed by atoms with Gasteiger partial charge in [0.05, 0.1) is 0 Å². The van der Waals surface area contributed by atoms with Crippen molar-refractivity contribution in [3.63, 3.8) is 0 Å². The molecule has 0 aliphatic rings. The summed E-state index contributed by atoms with van der Waals surface area (Å²) in [7, 11) is 0. The average molecular weight is 249 g/mol. The predicted octanol–water partition coefficient (Wildman–Crippen LogP) is 4.24. The summed E-state index contributed by atoms with van der Waals surface area (Å²) >= 11 is 1.80. The first-order chi connectivity index (χ1) is 8.92. The monoisotopic (exact) mass is 249 g/mol. The zero-order valence-electron chi connectivity index (χ0n) is 9.47. The van der Waals surface area contributed by atoms with Crippen LogP contribution in [0.1, 0.15) is 0 Å². The van der Waals surface area contributed by atoms with Gasteiger partial charge in [-0.3, -0.25) is 0 Å². The Balaban J connectivity index is 2.01. The first kappa shape index (κ1) is 9.85. The fraction of sp³-hybridized carbons (Fsp3) is 0. The highest BCUT2D eigenvalue weighted by atomic mass is 32.1. The minimum absolute atomic E-state index is 0.941. The normalized spacial score (nSPS) is 11.3. The van der Waals surface area contributed by atoms with Crippen molar-refractivity contribution < 1.29 is 0 Å². The Labute approximate surface area is 108 Å². The molecule has 0 aliphatic carbocycles. The average Bonchev–Trinajstić information content (AvgIpc) is 3.02. The maximum atomic E-state index is 4.32.